The van der Waals surface area contributed by atoms with Gasteiger partial charge >= 0.3 is 0 Å². The van der Waals surface area contributed by atoms with Crippen molar-refractivity contribution in [1.29, 1.82) is 0 Å². The molecular weight excluding hydrogens is 296 g/mol. The number of carbonyl (C=O) groups excluding carboxylic acids is 1. The highest BCUT2D eigenvalue weighted by atomic mass is 16.3. The molecule has 1 heterocycles. The number of likely N-dealkylation sites (tertiary alicyclic amines) is 1. The first kappa shape index (κ1) is 17.4. The zero-order chi connectivity index (χ0) is 16.8. The summed E-state index contributed by atoms with van der Waals surface area (Å²) in [4.78, 5) is 13.3. The number of amides is 1. The van der Waals surface area contributed by atoms with E-state index in [9.17, 15) is 20.1 Å². The molecule has 4 N–H and O–H groups in total. The largest absolute Gasteiger partial charge is 0.395 e. The van der Waals surface area contributed by atoms with Crippen LogP contribution in [-0.4, -0.2) is 70.6 Å². The fourth-order valence-electron chi connectivity index (χ4n) is 2.83. The molecule has 1 amide bonds. The molecule has 1 saturated heterocycles. The minimum absolute atomic E-state index is 0.0399. The van der Waals surface area contributed by atoms with Gasteiger partial charge in [0.25, 0.3) is 0 Å². The van der Waals surface area contributed by atoms with E-state index in [4.69, 9.17) is 0 Å². The minimum Gasteiger partial charge on any atom is -0.395 e. The van der Waals surface area contributed by atoms with Gasteiger partial charge in [-0.25, -0.2) is 0 Å². The smallest absolute Gasteiger partial charge is 0.221 e. The van der Waals surface area contributed by atoms with Crippen LogP contribution >= 0.6 is 0 Å². The van der Waals surface area contributed by atoms with Crippen molar-refractivity contribution < 1.29 is 20.1 Å². The molecule has 1 aromatic rings. The quantitative estimate of drug-likeness (QED) is 0.531. The van der Waals surface area contributed by atoms with E-state index in [1.54, 1.807) is 4.90 Å². The van der Waals surface area contributed by atoms with Crippen molar-refractivity contribution in [2.24, 2.45) is 0 Å². The van der Waals surface area contributed by atoms with Crippen LogP contribution in [0.2, 0.25) is 0 Å². The van der Waals surface area contributed by atoms with E-state index < -0.39 is 24.3 Å². The molecule has 1 fully saturated rings. The lowest BCUT2D eigenvalue weighted by Crippen LogP contribution is -2.43. The average Bonchev–Trinajstić information content (AvgIpc) is 2.80. The second kappa shape index (κ2) is 8.09. The maximum Gasteiger partial charge on any atom is 0.221 e. The van der Waals surface area contributed by atoms with Gasteiger partial charge in [0.1, 0.15) is 0 Å². The number of rotatable bonds is 4. The van der Waals surface area contributed by atoms with Crippen LogP contribution in [0.4, 0.5) is 0 Å². The van der Waals surface area contributed by atoms with Crippen molar-refractivity contribution in [3.05, 3.63) is 35.9 Å². The Morgan fingerprint density at radius 2 is 1.87 bits per heavy atom. The summed E-state index contributed by atoms with van der Waals surface area (Å²) in [7, 11) is 1.52. The number of carbonyl (C=O) groups is 1. The molecule has 1 aliphatic heterocycles. The van der Waals surface area contributed by atoms with E-state index >= 15 is 0 Å². The van der Waals surface area contributed by atoms with Gasteiger partial charge in [0.05, 0.1) is 31.4 Å². The molecule has 6 nitrogen and oxygen atoms in total. The Balaban J connectivity index is 2.13. The van der Waals surface area contributed by atoms with Crippen LogP contribution in [0.1, 0.15) is 12.0 Å². The summed E-state index contributed by atoms with van der Waals surface area (Å²) in [6.07, 6.45) is -2.16. The Morgan fingerprint density at radius 1 is 1.22 bits per heavy atom. The highest BCUT2D eigenvalue weighted by Crippen LogP contribution is 2.27. The van der Waals surface area contributed by atoms with Crippen molar-refractivity contribution in [1.82, 2.24) is 10.2 Å². The van der Waals surface area contributed by atoms with Crippen LogP contribution in [0, 0.1) is 11.8 Å². The Morgan fingerprint density at radius 3 is 2.48 bits per heavy atom. The molecular formula is C17H22N2O4. The topological polar surface area (TPSA) is 93.0 Å². The predicted molar refractivity (Wildman–Crippen MR) is 85.4 cm³/mol. The first-order valence-electron chi connectivity index (χ1n) is 7.55. The Bertz CT molecular complexity index is 581. The fourth-order valence-corrected chi connectivity index (χ4v) is 2.83. The Hall–Kier alpha value is -1.91. The molecule has 4 atom stereocenters. The molecule has 23 heavy (non-hydrogen) atoms. The molecule has 0 saturated carbocycles. The average molecular weight is 318 g/mol. The van der Waals surface area contributed by atoms with E-state index in [0.717, 1.165) is 5.56 Å². The summed E-state index contributed by atoms with van der Waals surface area (Å²) in [6.45, 7) is -0.0641. The number of aliphatic hydroxyl groups excluding tert-OH is 3. The van der Waals surface area contributed by atoms with E-state index in [2.05, 4.69) is 17.2 Å². The fraction of sp³-hybridized carbons (Fsp3) is 0.471. The third kappa shape index (κ3) is 4.09. The predicted octanol–water partition coefficient (Wildman–Crippen LogP) is -1.06. The lowest BCUT2D eigenvalue weighted by Gasteiger charge is -2.27. The summed E-state index contributed by atoms with van der Waals surface area (Å²) in [5.41, 5.74) is 0.858. The standard InChI is InChI=1S/C17H22N2O4/c1-18-15(21)10-13-16(22)17(23)14(11-20)19(13)9-5-8-12-6-3-2-4-7-12/h2-4,6-7,13-14,16-17,20,22-23H,9-11H2,1H3,(H,18,21). The summed E-state index contributed by atoms with van der Waals surface area (Å²) in [6, 6.07) is 8.23. The van der Waals surface area contributed by atoms with Crippen molar-refractivity contribution >= 4 is 5.91 Å². The number of nitrogens with zero attached hydrogens (tertiary/aromatic N) is 1. The summed E-state index contributed by atoms with van der Waals surface area (Å²) < 4.78 is 0. The third-order valence-electron chi connectivity index (χ3n) is 4.12. The molecule has 6 heteroatoms. The first-order chi connectivity index (χ1) is 11.1. The van der Waals surface area contributed by atoms with Gasteiger partial charge in [0.15, 0.2) is 0 Å². The van der Waals surface area contributed by atoms with Crippen LogP contribution < -0.4 is 5.32 Å². The second-order valence-electron chi connectivity index (χ2n) is 5.52. The van der Waals surface area contributed by atoms with Crippen LogP contribution in [0.15, 0.2) is 30.3 Å². The lowest BCUT2D eigenvalue weighted by molar-refractivity contribution is -0.122. The summed E-state index contributed by atoms with van der Waals surface area (Å²) >= 11 is 0. The molecule has 4 unspecified atom stereocenters. The van der Waals surface area contributed by atoms with Crippen LogP contribution in [0.5, 0.6) is 0 Å². The first-order valence-corrected chi connectivity index (χ1v) is 7.55. The van der Waals surface area contributed by atoms with Crippen LogP contribution in [0.25, 0.3) is 0 Å². The highest BCUT2D eigenvalue weighted by Gasteiger charge is 2.47. The Kier molecular flexibility index (Phi) is 6.13. The number of hydrogen-bond donors (Lipinski definition) is 4. The highest BCUT2D eigenvalue weighted by molar-refractivity contribution is 5.76. The van der Waals surface area contributed by atoms with Crippen LogP contribution in [-0.2, 0) is 4.79 Å². The zero-order valence-corrected chi connectivity index (χ0v) is 13.0. The number of aliphatic hydroxyl groups is 3. The molecule has 2 rings (SSSR count). The molecule has 0 spiro atoms. The monoisotopic (exact) mass is 318 g/mol. The zero-order valence-electron chi connectivity index (χ0n) is 13.0. The van der Waals surface area contributed by atoms with Gasteiger partial charge in [0, 0.05) is 25.1 Å². The number of benzene rings is 1. The van der Waals surface area contributed by atoms with Crippen molar-refractivity contribution in [3.8, 4) is 11.8 Å². The maximum absolute atomic E-state index is 11.6. The van der Waals surface area contributed by atoms with Crippen molar-refractivity contribution in [2.45, 2.75) is 30.7 Å². The third-order valence-corrected chi connectivity index (χ3v) is 4.12. The van der Waals surface area contributed by atoms with E-state index in [-0.39, 0.29) is 25.5 Å². The molecule has 1 aliphatic rings. The maximum atomic E-state index is 11.6. The van der Waals surface area contributed by atoms with Gasteiger partial charge < -0.3 is 20.6 Å². The van der Waals surface area contributed by atoms with Crippen LogP contribution in [0.3, 0.4) is 0 Å². The van der Waals surface area contributed by atoms with Gasteiger partial charge in [0.2, 0.25) is 5.91 Å². The molecule has 0 aromatic heterocycles. The Labute approximate surface area is 135 Å². The van der Waals surface area contributed by atoms with E-state index in [1.165, 1.54) is 7.05 Å². The molecule has 1 aromatic carbocycles. The summed E-state index contributed by atoms with van der Waals surface area (Å²) in [5.74, 6) is 5.74. The van der Waals surface area contributed by atoms with Gasteiger partial charge in [-0.15, -0.1) is 0 Å². The van der Waals surface area contributed by atoms with E-state index in [1.807, 2.05) is 30.3 Å². The summed E-state index contributed by atoms with van der Waals surface area (Å²) in [5, 5.41) is 32.2. The van der Waals surface area contributed by atoms with Gasteiger partial charge in [-0.3, -0.25) is 9.69 Å². The van der Waals surface area contributed by atoms with Crippen molar-refractivity contribution in [2.75, 3.05) is 20.2 Å². The van der Waals surface area contributed by atoms with Gasteiger partial charge in [-0.1, -0.05) is 30.0 Å². The minimum atomic E-state index is -1.10. The SMILES string of the molecule is CNC(=O)CC1C(O)C(O)C(CO)N1CC#Cc1ccccc1. The number of nitrogens with one attached hydrogen (secondary N) is 1. The van der Waals surface area contributed by atoms with Gasteiger partial charge in [-0.05, 0) is 12.1 Å². The molecule has 0 radical (unpaired) electrons. The lowest BCUT2D eigenvalue weighted by atomic mass is 10.1. The second-order valence-corrected chi connectivity index (χ2v) is 5.52. The van der Waals surface area contributed by atoms with Gasteiger partial charge in [-0.2, -0.15) is 0 Å². The molecule has 0 bridgehead atoms. The molecule has 124 valence electrons. The van der Waals surface area contributed by atoms with E-state index in [0.29, 0.717) is 0 Å². The normalized spacial score (nSPS) is 27.3. The van der Waals surface area contributed by atoms with Crippen molar-refractivity contribution in [3.63, 3.8) is 0 Å². The number of hydrogen-bond acceptors (Lipinski definition) is 5. The molecule has 0 aliphatic carbocycles.